The van der Waals surface area contributed by atoms with E-state index in [1.807, 2.05) is 0 Å². The second-order valence-corrected chi connectivity index (χ2v) is 3.16. The molecule has 0 saturated carbocycles. The van der Waals surface area contributed by atoms with Gasteiger partial charge in [-0.05, 0) is 0 Å². The average Bonchev–Trinajstić information content (AvgIpc) is 2.41. The molecule has 0 amide bonds. The third-order valence-electron chi connectivity index (χ3n) is 2.03. The third-order valence-corrected chi connectivity index (χ3v) is 2.03. The molecule has 74 valence electrons. The van der Waals surface area contributed by atoms with Crippen LogP contribution in [0.5, 0.6) is 0 Å². The summed E-state index contributed by atoms with van der Waals surface area (Å²) < 4.78 is 39.0. The molecular formula is C8H7BF3N2-. The Bertz CT molecular complexity index is 475. The number of hydrogen-bond donors (Lipinski definition) is 0. The molecule has 0 radical (unpaired) electrons. The van der Waals surface area contributed by atoms with Crippen LogP contribution in [0.2, 0.25) is 0 Å². The zero-order valence-corrected chi connectivity index (χ0v) is 7.42. The Kier molecular flexibility index (Phi) is 1.80. The van der Waals surface area contributed by atoms with Crippen molar-refractivity contribution in [1.82, 2.24) is 9.78 Å². The van der Waals surface area contributed by atoms with Crippen LogP contribution in [0, 0.1) is 0 Å². The highest BCUT2D eigenvalue weighted by atomic mass is 19.4. The largest absolute Gasteiger partial charge is 0.511 e. The standard InChI is InChI=1S/C8H7BF3N2/c1-14-5-6-3-2-4-7(8(6)13-14)9(10,11)12/h2-5H,1H3/q-1. The molecule has 0 saturated heterocycles. The van der Waals surface area contributed by atoms with E-state index in [9.17, 15) is 12.9 Å². The highest BCUT2D eigenvalue weighted by Crippen LogP contribution is 2.16. The van der Waals surface area contributed by atoms with Crippen molar-refractivity contribution in [2.45, 2.75) is 0 Å². The zero-order valence-electron chi connectivity index (χ0n) is 7.42. The van der Waals surface area contributed by atoms with Crippen molar-refractivity contribution in [3.63, 3.8) is 0 Å². The number of nitrogens with zero attached hydrogens (tertiary/aromatic N) is 2. The molecule has 0 N–H and O–H groups in total. The lowest BCUT2D eigenvalue weighted by Gasteiger charge is -2.14. The number of aromatic nitrogens is 2. The van der Waals surface area contributed by atoms with Gasteiger partial charge in [-0.15, -0.1) is 0 Å². The van der Waals surface area contributed by atoms with Crippen molar-refractivity contribution in [1.29, 1.82) is 0 Å². The van der Waals surface area contributed by atoms with Gasteiger partial charge in [-0.2, -0.15) is 5.10 Å². The Morgan fingerprint density at radius 1 is 1.29 bits per heavy atom. The topological polar surface area (TPSA) is 17.8 Å². The van der Waals surface area contributed by atoms with Crippen LogP contribution in [0.1, 0.15) is 0 Å². The van der Waals surface area contributed by atoms with Crippen molar-refractivity contribution in [3.05, 3.63) is 24.4 Å². The van der Waals surface area contributed by atoms with Crippen LogP contribution >= 0.6 is 0 Å². The molecular weight excluding hydrogens is 192 g/mol. The molecule has 1 heterocycles. The molecule has 0 aliphatic carbocycles. The van der Waals surface area contributed by atoms with Gasteiger partial charge in [0.2, 0.25) is 0 Å². The van der Waals surface area contributed by atoms with Crippen molar-refractivity contribution in [3.8, 4) is 0 Å². The van der Waals surface area contributed by atoms with Crippen LogP contribution in [0.4, 0.5) is 12.9 Å². The van der Waals surface area contributed by atoms with Gasteiger partial charge < -0.3 is 12.9 Å². The maximum atomic E-state index is 12.5. The summed E-state index contributed by atoms with van der Waals surface area (Å²) in [6.45, 7) is -4.98. The summed E-state index contributed by atoms with van der Waals surface area (Å²) in [4.78, 5) is 0. The van der Waals surface area contributed by atoms with Gasteiger partial charge in [0.05, 0.1) is 5.52 Å². The fourth-order valence-electron chi connectivity index (χ4n) is 1.45. The Labute approximate surface area is 78.4 Å². The molecule has 0 aliphatic heterocycles. The highest BCUT2D eigenvalue weighted by Gasteiger charge is 2.28. The number of rotatable bonds is 1. The summed E-state index contributed by atoms with van der Waals surface area (Å²) in [7, 11) is 1.60. The summed E-state index contributed by atoms with van der Waals surface area (Å²) in [6, 6.07) is 4.08. The fraction of sp³-hybridized carbons (Fsp3) is 0.125. The summed E-state index contributed by atoms with van der Waals surface area (Å²) in [5, 5.41) is 4.31. The number of benzene rings is 1. The molecule has 0 aliphatic rings. The van der Waals surface area contributed by atoms with E-state index >= 15 is 0 Å². The molecule has 0 fully saturated rings. The molecule has 1 aromatic carbocycles. The first-order valence-corrected chi connectivity index (χ1v) is 4.11. The summed E-state index contributed by atoms with van der Waals surface area (Å²) in [5.41, 5.74) is -0.592. The molecule has 0 bridgehead atoms. The second-order valence-electron chi connectivity index (χ2n) is 3.16. The first-order valence-electron chi connectivity index (χ1n) is 4.11. The van der Waals surface area contributed by atoms with Gasteiger partial charge in [-0.3, -0.25) is 4.68 Å². The van der Waals surface area contributed by atoms with Crippen LogP contribution in [0.25, 0.3) is 10.9 Å². The molecule has 6 heteroatoms. The molecule has 0 atom stereocenters. The minimum atomic E-state index is -4.98. The van der Waals surface area contributed by atoms with Crippen molar-refractivity contribution >= 4 is 23.3 Å². The predicted octanol–water partition coefficient (Wildman–Crippen LogP) is 1.63. The van der Waals surface area contributed by atoms with Crippen LogP contribution < -0.4 is 5.46 Å². The highest BCUT2D eigenvalue weighted by molar-refractivity contribution is 6.75. The van der Waals surface area contributed by atoms with E-state index in [4.69, 9.17) is 0 Å². The number of halogens is 3. The quantitative estimate of drug-likeness (QED) is 0.638. The predicted molar refractivity (Wildman–Crippen MR) is 49.4 cm³/mol. The van der Waals surface area contributed by atoms with Gasteiger partial charge in [0, 0.05) is 18.6 Å². The first-order chi connectivity index (χ1) is 6.48. The Hall–Kier alpha value is -1.46. The lowest BCUT2D eigenvalue weighted by molar-refractivity contribution is 0.501. The van der Waals surface area contributed by atoms with Gasteiger partial charge in [0.25, 0.3) is 0 Å². The van der Waals surface area contributed by atoms with Gasteiger partial charge in [-0.1, -0.05) is 23.7 Å². The minimum absolute atomic E-state index is 0.0301. The van der Waals surface area contributed by atoms with Gasteiger partial charge in [0.15, 0.2) is 0 Å². The molecule has 2 nitrogen and oxygen atoms in total. The number of fused-ring (bicyclic) bond motifs is 1. The third kappa shape index (κ3) is 1.36. The monoisotopic (exact) mass is 199 g/mol. The first kappa shape index (κ1) is 9.11. The van der Waals surface area contributed by atoms with E-state index in [1.165, 1.54) is 10.7 Å². The van der Waals surface area contributed by atoms with Gasteiger partial charge in [0.1, 0.15) is 0 Å². The molecule has 0 unspecified atom stereocenters. The van der Waals surface area contributed by atoms with Gasteiger partial charge in [-0.25, -0.2) is 0 Å². The summed E-state index contributed by atoms with van der Waals surface area (Å²) in [6.07, 6.45) is 1.57. The molecule has 2 aromatic rings. The van der Waals surface area contributed by atoms with E-state index in [0.717, 1.165) is 6.07 Å². The van der Waals surface area contributed by atoms with Crippen LogP contribution in [0.3, 0.4) is 0 Å². The van der Waals surface area contributed by atoms with E-state index in [2.05, 4.69) is 5.10 Å². The van der Waals surface area contributed by atoms with Gasteiger partial charge >= 0.3 is 6.98 Å². The maximum Gasteiger partial charge on any atom is 0.511 e. The molecule has 1 aromatic heterocycles. The van der Waals surface area contributed by atoms with Crippen LogP contribution in [-0.4, -0.2) is 16.8 Å². The zero-order chi connectivity index (χ0) is 10.3. The van der Waals surface area contributed by atoms with E-state index < -0.39 is 12.4 Å². The fourth-order valence-corrected chi connectivity index (χ4v) is 1.45. The smallest absolute Gasteiger partial charge is 0.445 e. The summed E-state index contributed by atoms with van der Waals surface area (Å²) >= 11 is 0. The minimum Gasteiger partial charge on any atom is -0.445 e. The number of hydrogen-bond acceptors (Lipinski definition) is 1. The van der Waals surface area contributed by atoms with E-state index in [0.29, 0.717) is 5.39 Å². The molecule has 2 rings (SSSR count). The van der Waals surface area contributed by atoms with Crippen LogP contribution in [-0.2, 0) is 7.05 Å². The average molecular weight is 199 g/mol. The Balaban J connectivity index is 2.77. The van der Waals surface area contributed by atoms with Crippen molar-refractivity contribution in [2.24, 2.45) is 7.05 Å². The maximum absolute atomic E-state index is 12.5. The van der Waals surface area contributed by atoms with E-state index in [-0.39, 0.29) is 5.52 Å². The number of aryl methyl sites for hydroxylation is 1. The van der Waals surface area contributed by atoms with Crippen LogP contribution in [0.15, 0.2) is 24.4 Å². The Morgan fingerprint density at radius 3 is 2.64 bits per heavy atom. The normalized spacial score (nSPS) is 12.3. The van der Waals surface area contributed by atoms with E-state index in [1.54, 1.807) is 19.3 Å². The van der Waals surface area contributed by atoms with Crippen molar-refractivity contribution in [2.75, 3.05) is 0 Å². The summed E-state index contributed by atoms with van der Waals surface area (Å²) in [5.74, 6) is 0. The Morgan fingerprint density at radius 2 is 2.00 bits per heavy atom. The SMILES string of the molecule is Cn1cc2cccc([B-](F)(F)F)c2n1. The lowest BCUT2D eigenvalue weighted by Crippen LogP contribution is -2.34. The van der Waals surface area contributed by atoms with Crippen molar-refractivity contribution < 1.29 is 12.9 Å². The molecule has 14 heavy (non-hydrogen) atoms. The molecule has 0 spiro atoms. The lowest BCUT2D eigenvalue weighted by atomic mass is 9.79. The second kappa shape index (κ2) is 2.77.